The Morgan fingerprint density at radius 2 is 1.86 bits per heavy atom. The molecular formula is C27H26N4O5S. The molecule has 9 nitrogen and oxygen atoms in total. The average molecular weight is 519 g/mol. The summed E-state index contributed by atoms with van der Waals surface area (Å²) in [4.78, 5) is 22.7. The van der Waals surface area contributed by atoms with Crippen molar-refractivity contribution in [3.8, 4) is 17.6 Å². The molecule has 0 aliphatic carbocycles. The minimum Gasteiger partial charge on any atom is -0.493 e. The van der Waals surface area contributed by atoms with Gasteiger partial charge in [-0.1, -0.05) is 36.0 Å². The molecule has 3 aromatic rings. The number of methoxy groups -OCH3 is 2. The average Bonchev–Trinajstić information content (AvgIpc) is 2.90. The second-order valence-corrected chi connectivity index (χ2v) is 8.92. The first-order chi connectivity index (χ1) is 17.9. The number of nitriles is 1. The summed E-state index contributed by atoms with van der Waals surface area (Å²) in [7, 11) is 3.00. The first kappa shape index (κ1) is 25.9. The highest BCUT2D eigenvalue weighted by atomic mass is 32.2. The van der Waals surface area contributed by atoms with Gasteiger partial charge in [-0.2, -0.15) is 5.26 Å². The van der Waals surface area contributed by atoms with E-state index in [9.17, 15) is 10.1 Å². The van der Waals surface area contributed by atoms with Gasteiger partial charge in [0.05, 0.1) is 54.8 Å². The third kappa shape index (κ3) is 5.04. The summed E-state index contributed by atoms with van der Waals surface area (Å²) in [6, 6.07) is 14.9. The molecule has 1 aromatic heterocycles. The molecule has 37 heavy (non-hydrogen) atoms. The number of fused-ring (bicyclic) bond motifs is 1. The number of carbonyl (C=O) groups excluding carboxylic acids is 1. The fourth-order valence-electron chi connectivity index (χ4n) is 4.15. The normalized spacial score (nSPS) is 15.3. The highest BCUT2D eigenvalue weighted by Gasteiger charge is 2.39. The molecule has 0 amide bonds. The molecule has 10 heteroatoms. The molecule has 4 rings (SSSR count). The van der Waals surface area contributed by atoms with Gasteiger partial charge in [-0.25, -0.2) is 14.8 Å². The van der Waals surface area contributed by atoms with E-state index < -0.39 is 11.9 Å². The number of para-hydroxylation sites is 3. The second-order valence-electron chi connectivity index (χ2n) is 7.96. The molecule has 1 atom stereocenters. The highest BCUT2D eigenvalue weighted by molar-refractivity contribution is 7.99. The van der Waals surface area contributed by atoms with Crippen LogP contribution in [0.15, 0.2) is 70.3 Å². The van der Waals surface area contributed by atoms with E-state index in [1.54, 1.807) is 25.1 Å². The van der Waals surface area contributed by atoms with Gasteiger partial charge in [0, 0.05) is 5.56 Å². The molecule has 0 bridgehead atoms. The van der Waals surface area contributed by atoms with Gasteiger partial charge in [-0.3, -0.25) is 0 Å². The zero-order chi connectivity index (χ0) is 26.5. The van der Waals surface area contributed by atoms with Crippen molar-refractivity contribution in [3.63, 3.8) is 0 Å². The van der Waals surface area contributed by atoms with Crippen LogP contribution in [0.2, 0.25) is 0 Å². The summed E-state index contributed by atoms with van der Waals surface area (Å²) in [5.41, 5.74) is 9.27. The smallest absolute Gasteiger partial charge is 0.338 e. The zero-order valence-electron chi connectivity index (χ0n) is 20.9. The molecule has 1 aliphatic rings. The van der Waals surface area contributed by atoms with Crippen LogP contribution in [0.1, 0.15) is 24.1 Å². The van der Waals surface area contributed by atoms with E-state index in [0.717, 1.165) is 16.7 Å². The van der Waals surface area contributed by atoms with E-state index in [2.05, 4.69) is 11.1 Å². The lowest BCUT2D eigenvalue weighted by atomic mass is 9.82. The van der Waals surface area contributed by atoms with E-state index in [4.69, 9.17) is 29.7 Å². The maximum Gasteiger partial charge on any atom is 0.338 e. The number of hydrogen-bond acceptors (Lipinski definition) is 10. The van der Waals surface area contributed by atoms with Gasteiger partial charge in [0.15, 0.2) is 11.5 Å². The predicted octanol–water partition coefficient (Wildman–Crippen LogP) is 4.37. The Balaban J connectivity index is 1.83. The Hall–Kier alpha value is -4.23. The summed E-state index contributed by atoms with van der Waals surface area (Å²) in [6.45, 7) is 3.72. The van der Waals surface area contributed by atoms with Crippen molar-refractivity contribution < 1.29 is 23.7 Å². The summed E-state index contributed by atoms with van der Waals surface area (Å²) < 4.78 is 22.3. The summed E-state index contributed by atoms with van der Waals surface area (Å²) in [5, 5.41) is 10.7. The van der Waals surface area contributed by atoms with Gasteiger partial charge in [0.1, 0.15) is 22.4 Å². The van der Waals surface area contributed by atoms with Gasteiger partial charge in [0.25, 0.3) is 0 Å². The van der Waals surface area contributed by atoms with Gasteiger partial charge in [0.2, 0.25) is 5.88 Å². The van der Waals surface area contributed by atoms with Crippen molar-refractivity contribution in [2.45, 2.75) is 24.8 Å². The van der Waals surface area contributed by atoms with Gasteiger partial charge in [-0.05, 0) is 32.0 Å². The molecule has 0 fully saturated rings. The van der Waals surface area contributed by atoms with Crippen molar-refractivity contribution in [3.05, 3.63) is 76.5 Å². The van der Waals surface area contributed by atoms with Crippen LogP contribution in [0.3, 0.4) is 0 Å². The van der Waals surface area contributed by atoms with Crippen LogP contribution in [0.25, 0.3) is 11.0 Å². The number of nitrogens with zero attached hydrogens (tertiary/aromatic N) is 3. The van der Waals surface area contributed by atoms with E-state index in [-0.39, 0.29) is 35.1 Å². The fraction of sp³-hybridized carbons (Fsp3) is 0.259. The number of allylic oxidation sites excluding steroid dienone is 1. The van der Waals surface area contributed by atoms with Gasteiger partial charge >= 0.3 is 5.97 Å². The molecule has 0 saturated heterocycles. The molecule has 1 aliphatic heterocycles. The second kappa shape index (κ2) is 11.2. The van der Waals surface area contributed by atoms with E-state index in [1.807, 2.05) is 31.2 Å². The van der Waals surface area contributed by atoms with Crippen molar-refractivity contribution in [2.24, 2.45) is 5.73 Å². The molecular weight excluding hydrogens is 492 g/mol. The van der Waals surface area contributed by atoms with Crippen molar-refractivity contribution in [1.29, 1.82) is 5.26 Å². The molecule has 0 saturated carbocycles. The molecule has 0 spiro atoms. The van der Waals surface area contributed by atoms with Crippen LogP contribution < -0.4 is 15.2 Å². The lowest BCUT2D eigenvalue weighted by molar-refractivity contribution is -0.139. The summed E-state index contributed by atoms with van der Waals surface area (Å²) in [5.74, 6) is -0.307. The summed E-state index contributed by atoms with van der Waals surface area (Å²) >= 11 is 1.35. The first-order valence-electron chi connectivity index (χ1n) is 11.5. The van der Waals surface area contributed by atoms with E-state index in [0.29, 0.717) is 22.1 Å². The predicted molar refractivity (Wildman–Crippen MR) is 139 cm³/mol. The highest BCUT2D eigenvalue weighted by Crippen LogP contribution is 2.46. The third-order valence-electron chi connectivity index (χ3n) is 5.78. The third-order valence-corrected chi connectivity index (χ3v) is 6.84. The Morgan fingerprint density at radius 3 is 2.51 bits per heavy atom. The van der Waals surface area contributed by atoms with Crippen LogP contribution >= 0.6 is 11.8 Å². The lowest BCUT2D eigenvalue weighted by Gasteiger charge is -2.29. The number of carbonyl (C=O) groups is 1. The number of nitrogens with two attached hydrogens (primary N) is 1. The number of ether oxygens (including phenoxy) is 4. The van der Waals surface area contributed by atoms with Crippen molar-refractivity contribution >= 4 is 28.8 Å². The maximum absolute atomic E-state index is 13.3. The standard InChI is InChI=1S/C27H26N4O5S/c1-5-35-27(32)23-21(14-37-26-15(2)30-18-10-6-7-11-19(18)31-26)36-25(29)17(13-28)22(23)16-9-8-12-20(33-3)24(16)34-4/h6-12,22H,5,14,29H2,1-4H3/t22-/m1/s1. The Morgan fingerprint density at radius 1 is 1.14 bits per heavy atom. The van der Waals surface area contributed by atoms with Crippen LogP contribution in [-0.4, -0.2) is 42.5 Å². The van der Waals surface area contributed by atoms with Crippen LogP contribution in [-0.2, 0) is 14.3 Å². The number of esters is 1. The molecule has 0 unspecified atom stereocenters. The van der Waals surface area contributed by atoms with Crippen LogP contribution in [0.4, 0.5) is 0 Å². The quantitative estimate of drug-likeness (QED) is 0.339. The fourth-order valence-corrected chi connectivity index (χ4v) is 5.05. The molecule has 2 heterocycles. The monoisotopic (exact) mass is 518 g/mol. The maximum atomic E-state index is 13.3. The minimum atomic E-state index is -0.887. The molecule has 190 valence electrons. The topological polar surface area (TPSA) is 130 Å². The molecule has 2 N–H and O–H groups in total. The van der Waals surface area contributed by atoms with Crippen molar-refractivity contribution in [1.82, 2.24) is 9.97 Å². The van der Waals surface area contributed by atoms with E-state index in [1.165, 1.54) is 26.0 Å². The number of aryl methyl sites for hydroxylation is 1. The number of aromatic nitrogens is 2. The number of hydrogen-bond donors (Lipinski definition) is 1. The SMILES string of the molecule is CCOC(=O)C1=C(CSc2nc3ccccc3nc2C)OC(N)=C(C#N)[C@H]1c1cccc(OC)c1OC. The van der Waals surface area contributed by atoms with Crippen molar-refractivity contribution in [2.75, 3.05) is 26.6 Å². The van der Waals surface area contributed by atoms with Crippen LogP contribution in [0, 0.1) is 18.3 Å². The summed E-state index contributed by atoms with van der Waals surface area (Å²) in [6.07, 6.45) is 0. The minimum absolute atomic E-state index is 0.0741. The number of rotatable bonds is 8. The Kier molecular flexibility index (Phi) is 7.84. The first-order valence-corrected chi connectivity index (χ1v) is 12.5. The zero-order valence-corrected chi connectivity index (χ0v) is 21.7. The van der Waals surface area contributed by atoms with E-state index >= 15 is 0 Å². The molecule has 2 aromatic carbocycles. The number of thioether (sulfide) groups is 1. The molecule has 0 radical (unpaired) electrons. The lowest BCUT2D eigenvalue weighted by Crippen LogP contribution is -2.27. The van der Waals surface area contributed by atoms with Crippen LogP contribution in [0.5, 0.6) is 11.5 Å². The van der Waals surface area contributed by atoms with Gasteiger partial charge < -0.3 is 24.7 Å². The van der Waals surface area contributed by atoms with Gasteiger partial charge in [-0.15, -0.1) is 0 Å². The Bertz CT molecular complexity index is 1460. The number of benzene rings is 2. The largest absolute Gasteiger partial charge is 0.493 e. The Labute approximate surface area is 218 Å².